The van der Waals surface area contributed by atoms with E-state index in [4.69, 9.17) is 0 Å². The normalized spacial score (nSPS) is 16.4. The van der Waals surface area contributed by atoms with E-state index < -0.39 is 0 Å². The zero-order chi connectivity index (χ0) is 10.8. The minimum absolute atomic E-state index is 0.261. The molecule has 1 heterocycles. The van der Waals surface area contributed by atoms with Crippen LogP contribution in [-0.2, 0) is 6.54 Å². The average Bonchev–Trinajstić information content (AvgIpc) is 2.46. The minimum atomic E-state index is 0.261. The highest BCUT2D eigenvalue weighted by atomic mass is 32.1. The Balaban J connectivity index is 2.14. The molecular weight excluding hydrogens is 208 g/mol. The number of ketones is 1. The summed E-state index contributed by atoms with van der Waals surface area (Å²) >= 11 is 1.55. The average molecular weight is 224 g/mol. The van der Waals surface area contributed by atoms with E-state index in [1.807, 2.05) is 14.0 Å². The van der Waals surface area contributed by atoms with Gasteiger partial charge in [0.05, 0.1) is 5.69 Å². The molecule has 0 aliphatic heterocycles. The molecule has 0 spiro atoms. The lowest BCUT2D eigenvalue weighted by molar-refractivity contribution is 0.0854. The fourth-order valence-electron chi connectivity index (χ4n) is 1.70. The van der Waals surface area contributed by atoms with Gasteiger partial charge in [-0.2, -0.15) is 0 Å². The summed E-state index contributed by atoms with van der Waals surface area (Å²) < 4.78 is 0. The number of nitrogens with one attached hydrogen (secondary N) is 1. The molecule has 0 atom stereocenters. The SMILES string of the molecule is CNCc1sc(C(=O)C2CCC2)nc1C. The Bertz CT molecular complexity index is 369. The molecule has 0 saturated heterocycles. The van der Waals surface area contributed by atoms with E-state index in [0.29, 0.717) is 5.01 Å². The fourth-order valence-corrected chi connectivity index (χ4v) is 2.80. The molecule has 3 nitrogen and oxygen atoms in total. The van der Waals surface area contributed by atoms with Gasteiger partial charge in [0.1, 0.15) is 0 Å². The van der Waals surface area contributed by atoms with Crippen molar-refractivity contribution in [2.75, 3.05) is 7.05 Å². The van der Waals surface area contributed by atoms with Crippen LogP contribution >= 0.6 is 11.3 Å². The van der Waals surface area contributed by atoms with Crippen molar-refractivity contribution in [3.8, 4) is 0 Å². The van der Waals surface area contributed by atoms with Crippen molar-refractivity contribution in [1.82, 2.24) is 10.3 Å². The summed E-state index contributed by atoms with van der Waals surface area (Å²) in [6.07, 6.45) is 3.31. The number of aromatic nitrogens is 1. The molecule has 0 amide bonds. The fraction of sp³-hybridized carbons (Fsp3) is 0.636. The van der Waals surface area contributed by atoms with Gasteiger partial charge in [0.25, 0.3) is 0 Å². The van der Waals surface area contributed by atoms with Gasteiger partial charge in [0.2, 0.25) is 0 Å². The molecule has 1 aromatic rings. The third-order valence-electron chi connectivity index (χ3n) is 2.92. The number of Topliss-reactive ketones (excluding diaryl/α,β-unsaturated/α-hetero) is 1. The Hall–Kier alpha value is -0.740. The van der Waals surface area contributed by atoms with Crippen molar-refractivity contribution in [2.45, 2.75) is 32.7 Å². The quantitative estimate of drug-likeness (QED) is 0.797. The Morgan fingerprint density at radius 1 is 1.60 bits per heavy atom. The first-order chi connectivity index (χ1) is 7.22. The van der Waals surface area contributed by atoms with Gasteiger partial charge in [0.15, 0.2) is 10.8 Å². The molecule has 4 heteroatoms. The van der Waals surface area contributed by atoms with Crippen molar-refractivity contribution < 1.29 is 4.79 Å². The Morgan fingerprint density at radius 3 is 2.87 bits per heavy atom. The molecule has 0 unspecified atom stereocenters. The molecule has 82 valence electrons. The summed E-state index contributed by atoms with van der Waals surface area (Å²) in [6.45, 7) is 2.78. The molecule has 15 heavy (non-hydrogen) atoms. The maximum atomic E-state index is 11.9. The number of carbonyl (C=O) groups is 1. The van der Waals surface area contributed by atoms with Gasteiger partial charge >= 0.3 is 0 Å². The third-order valence-corrected chi connectivity index (χ3v) is 4.09. The van der Waals surface area contributed by atoms with Crippen molar-refractivity contribution >= 4 is 17.1 Å². The third kappa shape index (κ3) is 2.11. The highest BCUT2D eigenvalue weighted by Gasteiger charge is 2.28. The highest BCUT2D eigenvalue weighted by Crippen LogP contribution is 2.31. The molecule has 1 fully saturated rings. The molecule has 0 aromatic carbocycles. The van der Waals surface area contributed by atoms with Crippen LogP contribution in [0, 0.1) is 12.8 Å². The number of thiazole rings is 1. The van der Waals surface area contributed by atoms with Gasteiger partial charge in [-0.1, -0.05) is 6.42 Å². The number of hydrogen-bond acceptors (Lipinski definition) is 4. The summed E-state index contributed by atoms with van der Waals surface area (Å²) in [4.78, 5) is 17.5. The molecular formula is C11H16N2OS. The van der Waals surface area contributed by atoms with Gasteiger partial charge in [0, 0.05) is 17.3 Å². The maximum absolute atomic E-state index is 11.9. The molecule has 1 aliphatic rings. The van der Waals surface area contributed by atoms with Crippen molar-refractivity contribution in [3.63, 3.8) is 0 Å². The van der Waals surface area contributed by atoms with Crippen molar-refractivity contribution in [3.05, 3.63) is 15.6 Å². The van der Waals surface area contributed by atoms with Gasteiger partial charge in [-0.3, -0.25) is 4.79 Å². The van der Waals surface area contributed by atoms with Crippen LogP contribution in [0.25, 0.3) is 0 Å². The van der Waals surface area contributed by atoms with Crippen LogP contribution in [0.3, 0.4) is 0 Å². The van der Waals surface area contributed by atoms with Crippen LogP contribution in [0.4, 0.5) is 0 Å². The van der Waals surface area contributed by atoms with E-state index in [-0.39, 0.29) is 11.7 Å². The smallest absolute Gasteiger partial charge is 0.194 e. The second kappa shape index (κ2) is 4.41. The van der Waals surface area contributed by atoms with E-state index in [1.165, 1.54) is 11.3 Å². The van der Waals surface area contributed by atoms with Crippen LogP contribution in [0.2, 0.25) is 0 Å². The van der Waals surface area contributed by atoms with E-state index in [2.05, 4.69) is 10.3 Å². The second-order valence-corrected chi connectivity index (χ2v) is 5.13. The van der Waals surface area contributed by atoms with Crippen molar-refractivity contribution in [2.24, 2.45) is 5.92 Å². The van der Waals surface area contributed by atoms with Crippen LogP contribution in [-0.4, -0.2) is 17.8 Å². The predicted molar refractivity (Wildman–Crippen MR) is 61.3 cm³/mol. The lowest BCUT2D eigenvalue weighted by Gasteiger charge is -2.22. The van der Waals surface area contributed by atoms with E-state index >= 15 is 0 Å². The van der Waals surface area contributed by atoms with Crippen molar-refractivity contribution in [1.29, 1.82) is 0 Å². The predicted octanol–water partition coefficient (Wildman–Crippen LogP) is 2.15. The first kappa shape index (κ1) is 10.8. The molecule has 0 radical (unpaired) electrons. The zero-order valence-electron chi connectivity index (χ0n) is 9.17. The van der Waals surface area contributed by atoms with E-state index in [1.54, 1.807) is 11.3 Å². The molecule has 2 rings (SSSR count). The Labute approximate surface area is 93.9 Å². The molecule has 1 N–H and O–H groups in total. The lowest BCUT2D eigenvalue weighted by atomic mass is 9.82. The summed E-state index contributed by atoms with van der Waals surface area (Å²) in [5.41, 5.74) is 0.997. The first-order valence-corrected chi connectivity index (χ1v) is 6.19. The van der Waals surface area contributed by atoms with Crippen LogP contribution in [0.1, 0.15) is 39.6 Å². The van der Waals surface area contributed by atoms with Gasteiger partial charge in [-0.15, -0.1) is 11.3 Å². The molecule has 1 aliphatic carbocycles. The number of hydrogen-bond donors (Lipinski definition) is 1. The Morgan fingerprint density at radius 2 is 2.33 bits per heavy atom. The first-order valence-electron chi connectivity index (χ1n) is 5.37. The van der Waals surface area contributed by atoms with E-state index in [0.717, 1.165) is 25.1 Å². The summed E-state index contributed by atoms with van der Waals surface area (Å²) in [5.74, 6) is 0.523. The maximum Gasteiger partial charge on any atom is 0.194 e. The van der Waals surface area contributed by atoms with Crippen LogP contribution in [0.5, 0.6) is 0 Å². The second-order valence-electron chi connectivity index (χ2n) is 4.05. The zero-order valence-corrected chi connectivity index (χ0v) is 9.99. The van der Waals surface area contributed by atoms with Gasteiger partial charge < -0.3 is 5.32 Å². The van der Waals surface area contributed by atoms with Crippen LogP contribution in [0.15, 0.2) is 0 Å². The molecule has 0 bridgehead atoms. The minimum Gasteiger partial charge on any atom is -0.315 e. The topological polar surface area (TPSA) is 42.0 Å². The lowest BCUT2D eigenvalue weighted by Crippen LogP contribution is -2.21. The number of carbonyl (C=O) groups excluding carboxylic acids is 1. The highest BCUT2D eigenvalue weighted by molar-refractivity contribution is 7.13. The molecule has 1 saturated carbocycles. The summed E-state index contributed by atoms with van der Waals surface area (Å²) in [5, 5.41) is 3.80. The van der Waals surface area contributed by atoms with E-state index in [9.17, 15) is 4.79 Å². The monoisotopic (exact) mass is 224 g/mol. The molecule has 1 aromatic heterocycles. The number of rotatable bonds is 4. The number of nitrogens with zero attached hydrogens (tertiary/aromatic N) is 1. The Kier molecular flexibility index (Phi) is 3.17. The van der Waals surface area contributed by atoms with Gasteiger partial charge in [-0.05, 0) is 26.8 Å². The van der Waals surface area contributed by atoms with Gasteiger partial charge in [-0.25, -0.2) is 4.98 Å². The standard InChI is InChI=1S/C11H16N2OS/c1-7-9(6-12-2)15-11(13-7)10(14)8-4-3-5-8/h8,12H,3-6H2,1-2H3. The van der Waals surface area contributed by atoms with Crippen LogP contribution < -0.4 is 5.32 Å². The number of aryl methyl sites for hydroxylation is 1. The summed E-state index contributed by atoms with van der Waals surface area (Å²) in [7, 11) is 1.91. The largest absolute Gasteiger partial charge is 0.315 e. The summed E-state index contributed by atoms with van der Waals surface area (Å²) in [6, 6.07) is 0.